The fraction of sp³-hybridized carbons (Fsp3) is 0.714. The number of aliphatic hydroxyl groups excluding tert-OH is 1. The Hall–Kier alpha value is -0.620. The largest absolute Gasteiger partial charge is 0.461 e. The highest BCUT2D eigenvalue weighted by Gasteiger charge is 2.07. The molecular weight excluding hydrogens is 240 g/mol. The van der Waals surface area contributed by atoms with E-state index in [9.17, 15) is 4.79 Å². The van der Waals surface area contributed by atoms with Gasteiger partial charge in [0, 0.05) is 0 Å². The fourth-order valence-corrected chi connectivity index (χ4v) is 0.723. The second-order valence-electron chi connectivity index (χ2n) is 2.33. The highest BCUT2D eigenvalue weighted by molar-refractivity contribution is 9.19. The van der Waals surface area contributed by atoms with Crippen LogP contribution in [-0.2, 0) is 9.53 Å². The number of hydrogen-bond donors (Lipinski definition) is 2. The number of hydrogen-bond acceptors (Lipinski definition) is 5. The fourth-order valence-electron chi connectivity index (χ4n) is 0.483. The molecule has 0 spiro atoms. The topological polar surface area (TPSA) is 70.9 Å². The number of nitrogens with one attached hydrogen (secondary N) is 1. The molecule has 0 aliphatic rings. The van der Waals surface area contributed by atoms with Crippen molar-refractivity contribution in [3.63, 3.8) is 0 Å². The molecule has 0 aliphatic carbocycles. The molecule has 2 N–H and O–H groups in total. The third-order valence-corrected chi connectivity index (χ3v) is 1.51. The third-order valence-electron chi connectivity index (χ3n) is 1.01. The van der Waals surface area contributed by atoms with E-state index in [1.54, 1.807) is 13.8 Å². The second-order valence-corrected chi connectivity index (χ2v) is 3.09. The van der Waals surface area contributed by atoms with Crippen molar-refractivity contribution in [1.82, 2.24) is 5.43 Å². The van der Waals surface area contributed by atoms with Crippen LogP contribution in [0.25, 0.3) is 0 Å². The molecule has 1 atom stereocenters. The Labute approximate surface area is 85.3 Å². The lowest BCUT2D eigenvalue weighted by atomic mass is 10.4. The van der Waals surface area contributed by atoms with Gasteiger partial charge in [-0.25, -0.2) is 4.79 Å². The van der Waals surface area contributed by atoms with Crippen LogP contribution in [0.1, 0.15) is 13.8 Å². The van der Waals surface area contributed by atoms with E-state index in [2.05, 4.69) is 31.2 Å². The molecule has 0 fully saturated rings. The molecule has 0 rings (SSSR count). The van der Waals surface area contributed by atoms with Crippen molar-refractivity contribution in [3.05, 3.63) is 0 Å². The van der Waals surface area contributed by atoms with Crippen LogP contribution in [0.5, 0.6) is 0 Å². The van der Waals surface area contributed by atoms with Crippen molar-refractivity contribution in [2.45, 2.75) is 20.0 Å². The van der Waals surface area contributed by atoms with Crippen LogP contribution in [0.3, 0.4) is 0 Å². The summed E-state index contributed by atoms with van der Waals surface area (Å²) in [6.07, 6.45) is -0.508. The van der Waals surface area contributed by atoms with Crippen LogP contribution in [0, 0.1) is 0 Å². The zero-order valence-corrected chi connectivity index (χ0v) is 9.17. The zero-order chi connectivity index (χ0) is 10.3. The zero-order valence-electron chi connectivity index (χ0n) is 7.58. The van der Waals surface area contributed by atoms with Crippen LogP contribution < -0.4 is 5.43 Å². The van der Waals surface area contributed by atoms with Gasteiger partial charge in [0.1, 0.15) is 0 Å². The molecule has 0 saturated heterocycles. The molecule has 0 amide bonds. The summed E-state index contributed by atoms with van der Waals surface area (Å²) in [7, 11) is 0. The van der Waals surface area contributed by atoms with Crippen molar-refractivity contribution in [3.8, 4) is 0 Å². The van der Waals surface area contributed by atoms with E-state index in [1.165, 1.54) is 0 Å². The molecule has 1 unspecified atom stereocenters. The summed E-state index contributed by atoms with van der Waals surface area (Å²) in [5, 5.41) is 12.5. The van der Waals surface area contributed by atoms with Crippen LogP contribution >= 0.6 is 15.9 Å². The lowest BCUT2D eigenvalue weighted by Crippen LogP contribution is -2.22. The van der Waals surface area contributed by atoms with Gasteiger partial charge >= 0.3 is 5.97 Å². The molecule has 6 heteroatoms. The number of carbonyl (C=O) groups is 1. The summed E-state index contributed by atoms with van der Waals surface area (Å²) < 4.78 is 4.71. The number of halogens is 1. The number of rotatable bonds is 5. The standard InChI is InChI=1S/C7H13BrN2O3/c1-3-13-7(12)6(8)10-9-4-5(2)11/h5,9,11H,3-4H2,1-2H3/b10-6-. The Morgan fingerprint density at radius 3 is 2.85 bits per heavy atom. The average Bonchev–Trinajstić information content (AvgIpc) is 2.04. The van der Waals surface area contributed by atoms with E-state index < -0.39 is 12.1 Å². The Bertz CT molecular complexity index is 194. The van der Waals surface area contributed by atoms with Crippen molar-refractivity contribution < 1.29 is 14.6 Å². The number of esters is 1. The quantitative estimate of drug-likeness (QED) is 0.418. The van der Waals surface area contributed by atoms with Gasteiger partial charge in [-0.2, -0.15) is 5.10 Å². The van der Waals surface area contributed by atoms with Gasteiger partial charge in [-0.3, -0.25) is 0 Å². The van der Waals surface area contributed by atoms with E-state index >= 15 is 0 Å². The van der Waals surface area contributed by atoms with Gasteiger partial charge in [0.25, 0.3) is 0 Å². The van der Waals surface area contributed by atoms with Crippen molar-refractivity contribution >= 4 is 26.5 Å². The van der Waals surface area contributed by atoms with Gasteiger partial charge in [0.2, 0.25) is 4.62 Å². The predicted octanol–water partition coefficient (Wildman–Crippen LogP) is 0.228. The molecule has 76 valence electrons. The maximum absolute atomic E-state index is 10.9. The average molecular weight is 253 g/mol. The van der Waals surface area contributed by atoms with Gasteiger partial charge in [0.15, 0.2) is 0 Å². The number of ether oxygens (including phenoxy) is 1. The minimum absolute atomic E-state index is 0.0648. The first kappa shape index (κ1) is 12.4. The maximum atomic E-state index is 10.9. The van der Waals surface area contributed by atoms with Gasteiger partial charge in [-0.15, -0.1) is 0 Å². The van der Waals surface area contributed by atoms with Crippen LogP contribution in [-0.4, -0.2) is 35.0 Å². The van der Waals surface area contributed by atoms with E-state index in [-0.39, 0.29) is 11.2 Å². The Balaban J connectivity index is 3.80. The molecule has 0 aromatic carbocycles. The van der Waals surface area contributed by atoms with Gasteiger partial charge in [-0.05, 0) is 29.8 Å². The van der Waals surface area contributed by atoms with Crippen LogP contribution in [0.2, 0.25) is 0 Å². The Kier molecular flexibility index (Phi) is 6.52. The first-order valence-electron chi connectivity index (χ1n) is 3.89. The number of nitrogens with zero attached hydrogens (tertiary/aromatic N) is 1. The summed E-state index contributed by atoms with van der Waals surface area (Å²) in [6.45, 7) is 3.91. The second kappa shape index (κ2) is 6.85. The summed E-state index contributed by atoms with van der Waals surface area (Å²) >= 11 is 2.93. The van der Waals surface area contributed by atoms with E-state index in [0.29, 0.717) is 6.61 Å². The van der Waals surface area contributed by atoms with Gasteiger partial charge in [0.05, 0.1) is 19.3 Å². The molecule has 13 heavy (non-hydrogen) atoms. The number of hydrazone groups is 1. The van der Waals surface area contributed by atoms with E-state index in [0.717, 1.165) is 0 Å². The molecule has 0 aliphatic heterocycles. The SMILES string of the molecule is CCOC(=O)/C(Br)=N/NCC(C)O. The Morgan fingerprint density at radius 2 is 2.38 bits per heavy atom. The molecule has 0 aromatic rings. The van der Waals surface area contributed by atoms with Crippen LogP contribution in [0.4, 0.5) is 0 Å². The number of carbonyl (C=O) groups excluding carboxylic acids is 1. The summed E-state index contributed by atoms with van der Waals surface area (Å²) in [4.78, 5) is 10.9. The lowest BCUT2D eigenvalue weighted by Gasteiger charge is -2.03. The molecule has 0 saturated carbocycles. The molecule has 0 aromatic heterocycles. The van der Waals surface area contributed by atoms with E-state index in [4.69, 9.17) is 5.11 Å². The Morgan fingerprint density at radius 1 is 1.77 bits per heavy atom. The predicted molar refractivity (Wildman–Crippen MR) is 52.7 cm³/mol. The minimum Gasteiger partial charge on any atom is -0.461 e. The summed E-state index contributed by atoms with van der Waals surface area (Å²) in [5.74, 6) is -0.527. The smallest absolute Gasteiger partial charge is 0.366 e. The highest BCUT2D eigenvalue weighted by atomic mass is 79.9. The monoisotopic (exact) mass is 252 g/mol. The molecule has 0 heterocycles. The maximum Gasteiger partial charge on any atom is 0.366 e. The summed E-state index contributed by atoms with van der Waals surface area (Å²) in [5.41, 5.74) is 2.51. The molecule has 5 nitrogen and oxygen atoms in total. The molecule has 0 bridgehead atoms. The molecular formula is C7H13BrN2O3. The minimum atomic E-state index is -0.527. The lowest BCUT2D eigenvalue weighted by molar-refractivity contribution is -0.134. The van der Waals surface area contributed by atoms with Crippen molar-refractivity contribution in [2.24, 2.45) is 5.10 Å². The third kappa shape index (κ3) is 6.53. The number of aliphatic hydroxyl groups is 1. The van der Waals surface area contributed by atoms with Crippen molar-refractivity contribution in [1.29, 1.82) is 0 Å². The van der Waals surface area contributed by atoms with E-state index in [1.807, 2.05) is 0 Å². The normalized spacial score (nSPS) is 13.7. The molecule has 0 radical (unpaired) electrons. The summed E-state index contributed by atoms with van der Waals surface area (Å²) in [6, 6.07) is 0. The first-order valence-corrected chi connectivity index (χ1v) is 4.68. The highest BCUT2D eigenvalue weighted by Crippen LogP contribution is 1.92. The van der Waals surface area contributed by atoms with Gasteiger partial charge in [-0.1, -0.05) is 0 Å². The first-order chi connectivity index (χ1) is 6.07. The van der Waals surface area contributed by atoms with Gasteiger partial charge < -0.3 is 15.3 Å². The van der Waals surface area contributed by atoms with Crippen LogP contribution in [0.15, 0.2) is 5.10 Å². The van der Waals surface area contributed by atoms with Crippen molar-refractivity contribution in [2.75, 3.05) is 13.2 Å².